The number of nitrogens with zero attached hydrogens (tertiary/aromatic N) is 2. The highest BCUT2D eigenvalue weighted by molar-refractivity contribution is 7.90. The van der Waals surface area contributed by atoms with Gasteiger partial charge in [-0.05, 0) is 56.0 Å². The summed E-state index contributed by atoms with van der Waals surface area (Å²) < 4.78 is 28.8. The number of likely N-dealkylation sites (tertiary alicyclic amines) is 1. The Kier molecular flexibility index (Phi) is 4.89. The van der Waals surface area contributed by atoms with E-state index in [1.807, 2.05) is 17.9 Å². The van der Waals surface area contributed by atoms with Crippen molar-refractivity contribution in [3.63, 3.8) is 0 Å². The topological polar surface area (TPSA) is 78.8 Å². The van der Waals surface area contributed by atoms with Gasteiger partial charge in [-0.3, -0.25) is 4.79 Å². The monoisotopic (exact) mass is 417 g/mol. The summed E-state index contributed by atoms with van der Waals surface area (Å²) >= 11 is 6.16. The van der Waals surface area contributed by atoms with E-state index < -0.39 is 16.1 Å². The summed E-state index contributed by atoms with van der Waals surface area (Å²) in [6.45, 7) is 2.47. The maximum Gasteiger partial charge on any atom is 0.285 e. The van der Waals surface area contributed by atoms with Gasteiger partial charge in [0.15, 0.2) is 5.84 Å². The second-order valence-electron chi connectivity index (χ2n) is 7.04. The van der Waals surface area contributed by atoms with Crippen LogP contribution in [0.15, 0.2) is 51.8 Å². The third-order valence-electron chi connectivity index (χ3n) is 5.13. The number of fused-ring (bicyclic) bond motifs is 1. The Hall–Kier alpha value is -2.38. The predicted octanol–water partition coefficient (Wildman–Crippen LogP) is 3.59. The Morgan fingerprint density at radius 3 is 2.79 bits per heavy atom. The molecule has 2 aliphatic rings. The van der Waals surface area contributed by atoms with Crippen LogP contribution in [0.3, 0.4) is 0 Å². The maximum absolute atomic E-state index is 13.0. The number of halogens is 1. The largest absolute Gasteiger partial charge is 0.343 e. The summed E-state index contributed by atoms with van der Waals surface area (Å²) in [7, 11) is -3.73. The van der Waals surface area contributed by atoms with Gasteiger partial charge in [0.1, 0.15) is 10.9 Å². The van der Waals surface area contributed by atoms with Crippen LogP contribution in [0, 0.1) is 6.92 Å². The van der Waals surface area contributed by atoms with Crippen molar-refractivity contribution in [3.8, 4) is 0 Å². The first-order valence-electron chi connectivity index (χ1n) is 9.15. The fraction of sp³-hybridized carbons (Fsp3) is 0.300. The van der Waals surface area contributed by atoms with Gasteiger partial charge in [0.25, 0.3) is 10.0 Å². The molecule has 0 spiro atoms. The van der Waals surface area contributed by atoms with Crippen molar-refractivity contribution in [1.82, 2.24) is 4.90 Å². The lowest BCUT2D eigenvalue weighted by Crippen LogP contribution is -2.50. The minimum absolute atomic E-state index is 0.191. The van der Waals surface area contributed by atoms with Crippen LogP contribution in [0.5, 0.6) is 0 Å². The van der Waals surface area contributed by atoms with Gasteiger partial charge in [-0.15, -0.1) is 4.40 Å². The zero-order chi connectivity index (χ0) is 19.9. The Morgan fingerprint density at radius 1 is 1.21 bits per heavy atom. The van der Waals surface area contributed by atoms with E-state index in [9.17, 15) is 13.2 Å². The summed E-state index contributed by atoms with van der Waals surface area (Å²) in [5, 5.41) is 3.49. The standard InChI is InChI=1S/C20H20ClN3O3S/c1-13-9-10-14(12-16(13)21)22-20(25)17-7-4-5-11-24(17)19-15-6-2-3-8-18(15)28(26,27)23-19/h2-3,6,8-10,12,17H,4-5,7,11H2,1H3,(H,22,25)/t17-/m1/s1. The molecule has 0 unspecified atom stereocenters. The second-order valence-corrected chi connectivity index (χ2v) is 9.02. The molecule has 4 rings (SSSR count). The van der Waals surface area contributed by atoms with E-state index in [2.05, 4.69) is 9.71 Å². The zero-order valence-electron chi connectivity index (χ0n) is 15.4. The van der Waals surface area contributed by atoms with Gasteiger partial charge in [0, 0.05) is 22.8 Å². The molecule has 6 nitrogen and oxygen atoms in total. The van der Waals surface area contributed by atoms with Crippen LogP contribution >= 0.6 is 11.6 Å². The first-order valence-corrected chi connectivity index (χ1v) is 11.0. The van der Waals surface area contributed by atoms with Crippen LogP contribution in [-0.4, -0.2) is 37.6 Å². The van der Waals surface area contributed by atoms with Gasteiger partial charge in [0.05, 0.1) is 0 Å². The molecule has 1 saturated heterocycles. The highest BCUT2D eigenvalue weighted by Gasteiger charge is 2.37. The van der Waals surface area contributed by atoms with E-state index in [0.717, 1.165) is 18.4 Å². The summed E-state index contributed by atoms with van der Waals surface area (Å²) in [5.74, 6) is 0.168. The van der Waals surface area contributed by atoms with E-state index >= 15 is 0 Å². The van der Waals surface area contributed by atoms with Crippen molar-refractivity contribution in [3.05, 3.63) is 58.6 Å². The van der Waals surface area contributed by atoms with E-state index in [1.54, 1.807) is 36.4 Å². The molecule has 0 saturated carbocycles. The number of carbonyl (C=O) groups excluding carboxylic acids is 1. The van der Waals surface area contributed by atoms with E-state index in [4.69, 9.17) is 11.6 Å². The number of amides is 1. The van der Waals surface area contributed by atoms with Crippen LogP contribution in [0.1, 0.15) is 30.4 Å². The van der Waals surface area contributed by atoms with Crippen LogP contribution in [0.2, 0.25) is 5.02 Å². The molecule has 1 fully saturated rings. The number of piperidine rings is 1. The number of carbonyl (C=O) groups is 1. The molecule has 1 atom stereocenters. The lowest BCUT2D eigenvalue weighted by Gasteiger charge is -2.36. The number of anilines is 1. The number of hydrogen-bond acceptors (Lipinski definition) is 4. The molecular weight excluding hydrogens is 398 g/mol. The number of benzene rings is 2. The third kappa shape index (κ3) is 3.40. The Labute approximate surface area is 169 Å². The van der Waals surface area contributed by atoms with Crippen molar-refractivity contribution in [2.24, 2.45) is 4.40 Å². The number of sulfonamides is 1. The highest BCUT2D eigenvalue weighted by atomic mass is 35.5. The maximum atomic E-state index is 13.0. The van der Waals surface area contributed by atoms with Crippen LogP contribution < -0.4 is 5.32 Å². The lowest BCUT2D eigenvalue weighted by atomic mass is 9.99. The lowest BCUT2D eigenvalue weighted by molar-refractivity contribution is -0.120. The number of hydrogen-bond donors (Lipinski definition) is 1. The molecule has 1 N–H and O–H groups in total. The molecule has 0 aromatic heterocycles. The Morgan fingerprint density at radius 2 is 2.00 bits per heavy atom. The Balaban J connectivity index is 1.64. The molecule has 0 aliphatic carbocycles. The van der Waals surface area contributed by atoms with Crippen molar-refractivity contribution >= 4 is 39.1 Å². The quantitative estimate of drug-likeness (QED) is 0.809. The molecule has 146 valence electrons. The van der Waals surface area contributed by atoms with Crippen molar-refractivity contribution < 1.29 is 13.2 Å². The molecule has 0 radical (unpaired) electrons. The third-order valence-corrected chi connectivity index (χ3v) is 6.86. The fourth-order valence-electron chi connectivity index (χ4n) is 3.65. The van der Waals surface area contributed by atoms with E-state index in [0.29, 0.717) is 35.1 Å². The number of aryl methyl sites for hydroxylation is 1. The molecular formula is C20H20ClN3O3S. The van der Waals surface area contributed by atoms with Crippen molar-refractivity contribution in [2.45, 2.75) is 37.1 Å². The smallest absolute Gasteiger partial charge is 0.285 e. The van der Waals surface area contributed by atoms with Crippen molar-refractivity contribution in [2.75, 3.05) is 11.9 Å². The first-order chi connectivity index (χ1) is 13.4. The summed E-state index contributed by atoms with van der Waals surface area (Å²) in [6, 6.07) is 11.6. The van der Waals surface area contributed by atoms with Crippen LogP contribution in [-0.2, 0) is 14.8 Å². The zero-order valence-corrected chi connectivity index (χ0v) is 16.9. The average Bonchev–Trinajstić information content (AvgIpc) is 2.96. The molecule has 2 aromatic carbocycles. The minimum Gasteiger partial charge on any atom is -0.343 e. The number of amidine groups is 1. The average molecular weight is 418 g/mol. The van der Waals surface area contributed by atoms with Gasteiger partial charge in [-0.2, -0.15) is 8.42 Å². The molecule has 1 amide bonds. The SMILES string of the molecule is Cc1ccc(NC(=O)[C@H]2CCCCN2C2=NS(=O)(=O)c3ccccc32)cc1Cl. The molecule has 2 heterocycles. The highest BCUT2D eigenvalue weighted by Crippen LogP contribution is 2.31. The first kappa shape index (κ1) is 19.0. The van der Waals surface area contributed by atoms with Gasteiger partial charge < -0.3 is 10.2 Å². The summed E-state index contributed by atoms with van der Waals surface area (Å²) in [6.07, 6.45) is 2.40. The fourth-order valence-corrected chi connectivity index (χ4v) is 5.05. The number of rotatable bonds is 2. The predicted molar refractivity (Wildman–Crippen MR) is 109 cm³/mol. The van der Waals surface area contributed by atoms with Gasteiger partial charge >= 0.3 is 0 Å². The molecule has 2 aromatic rings. The molecule has 2 aliphatic heterocycles. The molecule has 28 heavy (non-hydrogen) atoms. The molecule has 8 heteroatoms. The Bertz CT molecular complexity index is 1080. The van der Waals surface area contributed by atoms with Crippen LogP contribution in [0.25, 0.3) is 0 Å². The van der Waals surface area contributed by atoms with Crippen molar-refractivity contribution in [1.29, 1.82) is 0 Å². The number of nitrogens with one attached hydrogen (secondary N) is 1. The normalized spacial score (nSPS) is 20.4. The van der Waals surface area contributed by atoms with Gasteiger partial charge in [-0.25, -0.2) is 0 Å². The van der Waals surface area contributed by atoms with Gasteiger partial charge in [-0.1, -0.05) is 29.8 Å². The summed E-state index contributed by atoms with van der Waals surface area (Å²) in [5.41, 5.74) is 2.11. The van der Waals surface area contributed by atoms with Crippen LogP contribution in [0.4, 0.5) is 5.69 Å². The second kappa shape index (κ2) is 7.22. The van der Waals surface area contributed by atoms with E-state index in [-0.39, 0.29) is 10.8 Å². The summed E-state index contributed by atoms with van der Waals surface area (Å²) in [4.78, 5) is 15.0. The minimum atomic E-state index is -3.73. The van der Waals surface area contributed by atoms with Gasteiger partial charge in [0.2, 0.25) is 5.91 Å². The molecule has 0 bridgehead atoms. The van der Waals surface area contributed by atoms with E-state index in [1.165, 1.54) is 0 Å².